The molecule has 1 aromatic carbocycles. The number of aromatic nitrogens is 1. The minimum Gasteiger partial charge on any atom is -0.381 e. The number of amides is 1. The highest BCUT2D eigenvalue weighted by atomic mass is 16.5. The second-order valence-electron chi connectivity index (χ2n) is 7.52. The van der Waals surface area contributed by atoms with Crippen LogP contribution >= 0.6 is 0 Å². The van der Waals surface area contributed by atoms with E-state index in [1.807, 2.05) is 41.3 Å². The number of pyridine rings is 1. The molecule has 0 aliphatic carbocycles. The number of nitrogens with one attached hydrogen (secondary N) is 1. The molecule has 3 heterocycles. The zero-order valence-corrected chi connectivity index (χ0v) is 15.7. The molecule has 6 nitrogen and oxygen atoms in total. The minimum atomic E-state index is 0.103. The van der Waals surface area contributed by atoms with Crippen LogP contribution in [-0.4, -0.2) is 66.6 Å². The molecule has 27 heavy (non-hydrogen) atoms. The maximum absolute atomic E-state index is 13.1. The van der Waals surface area contributed by atoms with E-state index in [1.165, 1.54) is 5.56 Å². The Labute approximate surface area is 160 Å². The zero-order chi connectivity index (χ0) is 18.6. The third-order valence-corrected chi connectivity index (χ3v) is 5.29. The molecule has 4 rings (SSSR count). The van der Waals surface area contributed by atoms with Gasteiger partial charge in [0.25, 0.3) is 5.91 Å². The SMILES string of the molecule is CN1C[C@@H]2COC[C@H](C1)N(C(=O)c1ccc(NCc3ccncc3)cc1)C2. The van der Waals surface area contributed by atoms with Crippen LogP contribution in [0, 0.1) is 5.92 Å². The smallest absolute Gasteiger partial charge is 0.254 e. The molecular weight excluding hydrogens is 340 g/mol. The summed E-state index contributed by atoms with van der Waals surface area (Å²) in [6, 6.07) is 11.9. The van der Waals surface area contributed by atoms with E-state index in [0.717, 1.165) is 44.0 Å². The van der Waals surface area contributed by atoms with Gasteiger partial charge in [0, 0.05) is 55.7 Å². The first kappa shape index (κ1) is 17.9. The van der Waals surface area contributed by atoms with Gasteiger partial charge in [-0.25, -0.2) is 0 Å². The molecule has 2 atom stereocenters. The van der Waals surface area contributed by atoms with Gasteiger partial charge in [0.15, 0.2) is 0 Å². The number of benzene rings is 1. The Bertz CT molecular complexity index is 766. The molecule has 2 aliphatic heterocycles. The van der Waals surface area contributed by atoms with Gasteiger partial charge in [-0.3, -0.25) is 9.78 Å². The largest absolute Gasteiger partial charge is 0.381 e. The Morgan fingerprint density at radius 1 is 1.11 bits per heavy atom. The van der Waals surface area contributed by atoms with Crippen molar-refractivity contribution < 1.29 is 9.53 Å². The Balaban J connectivity index is 1.43. The number of fused-ring (bicyclic) bond motifs is 3. The monoisotopic (exact) mass is 366 g/mol. The van der Waals surface area contributed by atoms with E-state index in [0.29, 0.717) is 12.5 Å². The van der Waals surface area contributed by atoms with Crippen LogP contribution in [0.3, 0.4) is 0 Å². The molecule has 1 N–H and O–H groups in total. The summed E-state index contributed by atoms with van der Waals surface area (Å²) in [6.45, 7) is 4.72. The highest BCUT2D eigenvalue weighted by molar-refractivity contribution is 5.94. The van der Waals surface area contributed by atoms with Crippen molar-refractivity contribution in [3.8, 4) is 0 Å². The normalized spacial score (nSPS) is 22.9. The van der Waals surface area contributed by atoms with Gasteiger partial charge >= 0.3 is 0 Å². The Kier molecular flexibility index (Phi) is 5.36. The van der Waals surface area contributed by atoms with Gasteiger partial charge in [0.1, 0.15) is 0 Å². The lowest BCUT2D eigenvalue weighted by atomic mass is 10.1. The molecule has 0 spiro atoms. The zero-order valence-electron chi connectivity index (χ0n) is 15.7. The molecule has 142 valence electrons. The van der Waals surface area contributed by atoms with Crippen molar-refractivity contribution in [1.82, 2.24) is 14.8 Å². The Morgan fingerprint density at radius 3 is 2.67 bits per heavy atom. The summed E-state index contributed by atoms with van der Waals surface area (Å²) in [5.74, 6) is 0.485. The lowest BCUT2D eigenvalue weighted by Crippen LogP contribution is -2.45. The summed E-state index contributed by atoms with van der Waals surface area (Å²) in [6.07, 6.45) is 3.58. The third kappa shape index (κ3) is 4.28. The fraction of sp³-hybridized carbons (Fsp3) is 0.429. The van der Waals surface area contributed by atoms with Crippen LogP contribution < -0.4 is 5.32 Å². The van der Waals surface area contributed by atoms with E-state index in [1.54, 1.807) is 12.4 Å². The first-order valence-corrected chi connectivity index (χ1v) is 9.49. The number of nitrogens with zero attached hydrogens (tertiary/aromatic N) is 3. The van der Waals surface area contributed by atoms with Crippen LogP contribution in [-0.2, 0) is 11.3 Å². The molecule has 1 amide bonds. The summed E-state index contributed by atoms with van der Waals surface area (Å²) >= 11 is 0. The number of anilines is 1. The molecule has 0 radical (unpaired) electrons. The first-order valence-electron chi connectivity index (χ1n) is 9.49. The van der Waals surface area contributed by atoms with Crippen molar-refractivity contribution in [2.75, 3.05) is 45.2 Å². The Morgan fingerprint density at radius 2 is 1.89 bits per heavy atom. The summed E-state index contributed by atoms with van der Waals surface area (Å²) in [4.78, 5) is 21.5. The molecule has 6 heteroatoms. The predicted octanol–water partition coefficient (Wildman–Crippen LogP) is 2.10. The molecule has 2 fully saturated rings. The summed E-state index contributed by atoms with van der Waals surface area (Å²) in [7, 11) is 2.13. The predicted molar refractivity (Wildman–Crippen MR) is 105 cm³/mol. The van der Waals surface area contributed by atoms with E-state index in [4.69, 9.17) is 4.74 Å². The van der Waals surface area contributed by atoms with Crippen LogP contribution in [0.2, 0.25) is 0 Å². The number of hydrogen-bond acceptors (Lipinski definition) is 5. The molecule has 0 unspecified atom stereocenters. The fourth-order valence-corrected chi connectivity index (χ4v) is 3.93. The summed E-state index contributed by atoms with van der Waals surface area (Å²) < 4.78 is 5.78. The molecule has 2 bridgehead atoms. The standard InChI is InChI=1S/C21H26N4O2/c1-24-11-17-12-25(20(13-24)15-27-14-17)21(26)18-2-4-19(5-3-18)23-10-16-6-8-22-9-7-16/h2-9,17,20,23H,10-15H2,1H3/t17-,20-/m0/s1. The van der Waals surface area contributed by atoms with Gasteiger partial charge < -0.3 is 19.9 Å². The maximum atomic E-state index is 13.1. The van der Waals surface area contributed by atoms with Gasteiger partial charge in [-0.15, -0.1) is 0 Å². The lowest BCUT2D eigenvalue weighted by molar-refractivity contribution is 0.0483. The van der Waals surface area contributed by atoms with Gasteiger partial charge in [0.05, 0.1) is 19.3 Å². The molecule has 2 aliphatic rings. The highest BCUT2D eigenvalue weighted by Gasteiger charge is 2.35. The fourth-order valence-electron chi connectivity index (χ4n) is 3.93. The molecule has 0 saturated carbocycles. The summed E-state index contributed by atoms with van der Waals surface area (Å²) in [5, 5.41) is 3.38. The second kappa shape index (κ2) is 8.06. The lowest BCUT2D eigenvalue weighted by Gasteiger charge is -2.29. The van der Waals surface area contributed by atoms with Crippen molar-refractivity contribution in [1.29, 1.82) is 0 Å². The summed E-state index contributed by atoms with van der Waals surface area (Å²) in [5.41, 5.74) is 2.91. The number of hydrogen-bond donors (Lipinski definition) is 1. The molecule has 2 aromatic rings. The van der Waals surface area contributed by atoms with Crippen molar-refractivity contribution in [2.24, 2.45) is 5.92 Å². The first-order chi connectivity index (χ1) is 13.2. The van der Waals surface area contributed by atoms with Crippen LogP contribution in [0.5, 0.6) is 0 Å². The number of rotatable bonds is 4. The second-order valence-corrected chi connectivity index (χ2v) is 7.52. The maximum Gasteiger partial charge on any atom is 0.254 e. The van der Waals surface area contributed by atoms with Crippen LogP contribution in [0.25, 0.3) is 0 Å². The van der Waals surface area contributed by atoms with E-state index in [-0.39, 0.29) is 11.9 Å². The van der Waals surface area contributed by atoms with E-state index in [9.17, 15) is 4.79 Å². The van der Waals surface area contributed by atoms with Gasteiger partial charge in [-0.2, -0.15) is 0 Å². The molecule has 2 saturated heterocycles. The topological polar surface area (TPSA) is 57.7 Å². The van der Waals surface area contributed by atoms with Crippen molar-refractivity contribution in [2.45, 2.75) is 12.6 Å². The van der Waals surface area contributed by atoms with Crippen molar-refractivity contribution >= 4 is 11.6 Å². The van der Waals surface area contributed by atoms with E-state index >= 15 is 0 Å². The van der Waals surface area contributed by atoms with Gasteiger partial charge in [0.2, 0.25) is 0 Å². The number of carbonyl (C=O) groups is 1. The minimum absolute atomic E-state index is 0.103. The average Bonchev–Trinajstić information content (AvgIpc) is 2.97. The van der Waals surface area contributed by atoms with Crippen molar-refractivity contribution in [3.63, 3.8) is 0 Å². The number of carbonyl (C=O) groups excluding carboxylic acids is 1. The number of ether oxygens (including phenoxy) is 1. The van der Waals surface area contributed by atoms with E-state index in [2.05, 4.69) is 22.2 Å². The van der Waals surface area contributed by atoms with Crippen LogP contribution in [0.4, 0.5) is 5.69 Å². The van der Waals surface area contributed by atoms with Gasteiger partial charge in [-0.05, 0) is 49.0 Å². The highest BCUT2D eigenvalue weighted by Crippen LogP contribution is 2.22. The van der Waals surface area contributed by atoms with E-state index < -0.39 is 0 Å². The molecular formula is C21H26N4O2. The quantitative estimate of drug-likeness (QED) is 0.898. The van der Waals surface area contributed by atoms with Crippen molar-refractivity contribution in [3.05, 3.63) is 59.9 Å². The average molecular weight is 366 g/mol. The third-order valence-electron chi connectivity index (χ3n) is 5.29. The molecule has 1 aromatic heterocycles. The Hall–Kier alpha value is -2.44. The number of likely N-dealkylation sites (N-methyl/N-ethyl adjacent to an activating group) is 1. The van der Waals surface area contributed by atoms with Gasteiger partial charge in [-0.1, -0.05) is 0 Å². The van der Waals surface area contributed by atoms with Crippen LogP contribution in [0.15, 0.2) is 48.8 Å². The van der Waals surface area contributed by atoms with Crippen LogP contribution in [0.1, 0.15) is 15.9 Å².